The van der Waals surface area contributed by atoms with Crippen molar-refractivity contribution in [2.24, 2.45) is 0 Å². The van der Waals surface area contributed by atoms with Gasteiger partial charge in [-0.3, -0.25) is 4.90 Å². The van der Waals surface area contributed by atoms with Crippen molar-refractivity contribution in [3.05, 3.63) is 24.4 Å². The molecular weight excluding hydrogens is 250 g/mol. The topological polar surface area (TPSA) is 55.2 Å². The second kappa shape index (κ2) is 7.83. The molecule has 1 aromatic heterocycles. The Balaban J connectivity index is 1.73. The molecule has 20 heavy (non-hydrogen) atoms. The van der Waals surface area contributed by atoms with Gasteiger partial charge in [0.15, 0.2) is 0 Å². The summed E-state index contributed by atoms with van der Waals surface area (Å²) in [6.07, 6.45) is 2.74. The van der Waals surface area contributed by atoms with Crippen LogP contribution < -0.4 is 10.2 Å². The van der Waals surface area contributed by atoms with Crippen molar-refractivity contribution in [1.82, 2.24) is 15.2 Å². The van der Waals surface area contributed by atoms with Crippen LogP contribution in [0.5, 0.6) is 0 Å². The standard InChI is InChI=1S/C15H23N5/c1-2-17-14(13-16)6-8-19-9-11-20(12-10-19)15-5-3-4-7-18-15/h3-5,7,14,17H,2,6,8-12H2,1H3. The fraction of sp³-hybridized carbons (Fsp3) is 0.600. The molecule has 1 N–H and O–H groups in total. The highest BCUT2D eigenvalue weighted by Crippen LogP contribution is 2.12. The van der Waals surface area contributed by atoms with Crippen molar-refractivity contribution in [3.63, 3.8) is 0 Å². The van der Waals surface area contributed by atoms with Gasteiger partial charge in [-0.05, 0) is 25.1 Å². The van der Waals surface area contributed by atoms with Gasteiger partial charge in [0.25, 0.3) is 0 Å². The van der Waals surface area contributed by atoms with Crippen LogP contribution in [0.2, 0.25) is 0 Å². The molecule has 1 aromatic rings. The second-order valence-electron chi connectivity index (χ2n) is 5.04. The summed E-state index contributed by atoms with van der Waals surface area (Å²) in [5, 5.41) is 12.2. The summed E-state index contributed by atoms with van der Waals surface area (Å²) >= 11 is 0. The quantitative estimate of drug-likeness (QED) is 0.841. The van der Waals surface area contributed by atoms with Crippen molar-refractivity contribution < 1.29 is 0 Å². The molecule has 0 aliphatic carbocycles. The molecule has 1 unspecified atom stereocenters. The predicted octanol–water partition coefficient (Wildman–Crippen LogP) is 1.10. The van der Waals surface area contributed by atoms with Gasteiger partial charge in [-0.2, -0.15) is 5.26 Å². The normalized spacial score (nSPS) is 17.7. The monoisotopic (exact) mass is 273 g/mol. The van der Waals surface area contributed by atoms with Crippen molar-refractivity contribution >= 4 is 5.82 Å². The SMILES string of the molecule is CCNC(C#N)CCN1CCN(c2ccccn2)CC1. The zero-order valence-corrected chi connectivity index (χ0v) is 12.1. The molecule has 5 heteroatoms. The van der Waals surface area contributed by atoms with Gasteiger partial charge in [-0.1, -0.05) is 13.0 Å². The Morgan fingerprint density at radius 1 is 1.35 bits per heavy atom. The molecule has 0 radical (unpaired) electrons. The van der Waals surface area contributed by atoms with Crippen LogP contribution >= 0.6 is 0 Å². The summed E-state index contributed by atoms with van der Waals surface area (Å²) in [4.78, 5) is 9.15. The van der Waals surface area contributed by atoms with Gasteiger partial charge < -0.3 is 10.2 Å². The van der Waals surface area contributed by atoms with E-state index < -0.39 is 0 Å². The van der Waals surface area contributed by atoms with Crippen LogP contribution in [0.15, 0.2) is 24.4 Å². The van der Waals surface area contributed by atoms with Gasteiger partial charge in [0, 0.05) is 38.9 Å². The number of anilines is 1. The predicted molar refractivity (Wildman–Crippen MR) is 80.6 cm³/mol. The first kappa shape index (κ1) is 14.8. The summed E-state index contributed by atoms with van der Waals surface area (Å²) < 4.78 is 0. The van der Waals surface area contributed by atoms with Gasteiger partial charge in [0.05, 0.1) is 12.1 Å². The lowest BCUT2D eigenvalue weighted by Gasteiger charge is -2.35. The van der Waals surface area contributed by atoms with Crippen molar-refractivity contribution in [1.29, 1.82) is 5.26 Å². The molecule has 0 aromatic carbocycles. The number of piperazine rings is 1. The lowest BCUT2D eigenvalue weighted by Crippen LogP contribution is -2.47. The number of rotatable bonds is 6. The summed E-state index contributed by atoms with van der Waals surface area (Å²) in [5.74, 6) is 1.06. The van der Waals surface area contributed by atoms with Gasteiger partial charge in [-0.15, -0.1) is 0 Å². The van der Waals surface area contributed by atoms with Crippen LogP contribution in [0.1, 0.15) is 13.3 Å². The molecule has 1 fully saturated rings. The molecule has 108 valence electrons. The third-order valence-electron chi connectivity index (χ3n) is 3.69. The third-order valence-corrected chi connectivity index (χ3v) is 3.69. The first-order valence-electron chi connectivity index (χ1n) is 7.35. The smallest absolute Gasteiger partial charge is 0.128 e. The average molecular weight is 273 g/mol. The number of aromatic nitrogens is 1. The molecule has 0 saturated carbocycles. The summed E-state index contributed by atoms with van der Waals surface area (Å²) in [7, 11) is 0. The van der Waals surface area contributed by atoms with Crippen LogP contribution in [0.25, 0.3) is 0 Å². The molecule has 1 atom stereocenters. The summed E-state index contributed by atoms with van der Waals surface area (Å²) in [6.45, 7) is 7.98. The number of hydrogen-bond donors (Lipinski definition) is 1. The van der Waals surface area contributed by atoms with Crippen LogP contribution in [-0.2, 0) is 0 Å². The Labute approximate surface area is 121 Å². The number of nitriles is 1. The first-order valence-corrected chi connectivity index (χ1v) is 7.35. The largest absolute Gasteiger partial charge is 0.354 e. The first-order chi connectivity index (χ1) is 9.83. The zero-order valence-electron chi connectivity index (χ0n) is 12.1. The molecule has 1 saturated heterocycles. The van der Waals surface area contributed by atoms with E-state index in [1.165, 1.54) is 0 Å². The van der Waals surface area contributed by atoms with Crippen molar-refractivity contribution in [2.45, 2.75) is 19.4 Å². The molecule has 2 rings (SSSR count). The molecule has 1 aliphatic rings. The van der Waals surface area contributed by atoms with Crippen LogP contribution in [0.4, 0.5) is 5.82 Å². The van der Waals surface area contributed by atoms with Crippen molar-refractivity contribution in [3.8, 4) is 6.07 Å². The molecule has 0 spiro atoms. The molecule has 0 amide bonds. The number of nitrogens with one attached hydrogen (secondary N) is 1. The van der Waals surface area contributed by atoms with E-state index in [1.807, 2.05) is 25.3 Å². The molecule has 5 nitrogen and oxygen atoms in total. The van der Waals surface area contributed by atoms with E-state index in [4.69, 9.17) is 5.26 Å². The highest BCUT2D eigenvalue weighted by atomic mass is 15.3. The minimum atomic E-state index is -0.0196. The maximum Gasteiger partial charge on any atom is 0.128 e. The maximum atomic E-state index is 9.03. The van der Waals surface area contributed by atoms with E-state index in [9.17, 15) is 0 Å². The summed E-state index contributed by atoms with van der Waals surface area (Å²) in [6, 6.07) is 8.34. The number of hydrogen-bond acceptors (Lipinski definition) is 5. The Morgan fingerprint density at radius 2 is 2.15 bits per heavy atom. The third kappa shape index (κ3) is 4.19. The molecule has 1 aliphatic heterocycles. The number of nitrogens with zero attached hydrogens (tertiary/aromatic N) is 4. The Kier molecular flexibility index (Phi) is 5.78. The fourth-order valence-electron chi connectivity index (χ4n) is 2.51. The highest BCUT2D eigenvalue weighted by Gasteiger charge is 2.18. The fourth-order valence-corrected chi connectivity index (χ4v) is 2.51. The Bertz CT molecular complexity index is 420. The van der Waals surface area contributed by atoms with Gasteiger partial charge in [0.1, 0.15) is 5.82 Å². The Hall–Kier alpha value is -1.64. The Morgan fingerprint density at radius 3 is 2.75 bits per heavy atom. The molecule has 0 bridgehead atoms. The van der Waals surface area contributed by atoms with E-state index in [-0.39, 0.29) is 6.04 Å². The summed E-state index contributed by atoms with van der Waals surface area (Å²) in [5.41, 5.74) is 0. The van der Waals surface area contributed by atoms with Gasteiger partial charge >= 0.3 is 0 Å². The molecular formula is C15H23N5. The van der Waals surface area contributed by atoms with Crippen molar-refractivity contribution in [2.75, 3.05) is 44.2 Å². The number of pyridine rings is 1. The lowest BCUT2D eigenvalue weighted by atomic mass is 10.2. The zero-order chi connectivity index (χ0) is 14.2. The lowest BCUT2D eigenvalue weighted by molar-refractivity contribution is 0.248. The van der Waals surface area contributed by atoms with E-state index in [0.29, 0.717) is 0 Å². The van der Waals surface area contributed by atoms with Crippen LogP contribution in [0.3, 0.4) is 0 Å². The average Bonchev–Trinajstić information content (AvgIpc) is 2.53. The minimum Gasteiger partial charge on any atom is -0.354 e. The molecule has 2 heterocycles. The van der Waals surface area contributed by atoms with Crippen LogP contribution in [0, 0.1) is 11.3 Å². The maximum absolute atomic E-state index is 9.03. The van der Waals surface area contributed by atoms with Gasteiger partial charge in [-0.25, -0.2) is 4.98 Å². The second-order valence-corrected chi connectivity index (χ2v) is 5.04. The highest BCUT2D eigenvalue weighted by molar-refractivity contribution is 5.38. The van der Waals surface area contributed by atoms with Crippen LogP contribution in [-0.4, -0.2) is 55.2 Å². The van der Waals surface area contributed by atoms with Gasteiger partial charge in [0.2, 0.25) is 0 Å². The van der Waals surface area contributed by atoms with E-state index in [2.05, 4.69) is 32.2 Å². The van der Waals surface area contributed by atoms with E-state index >= 15 is 0 Å². The minimum absolute atomic E-state index is 0.0196. The van der Waals surface area contributed by atoms with E-state index in [1.54, 1.807) is 0 Å². The van der Waals surface area contributed by atoms with E-state index in [0.717, 1.165) is 51.5 Å².